The van der Waals surface area contributed by atoms with Crippen molar-refractivity contribution in [2.45, 2.75) is 23.8 Å². The highest BCUT2D eigenvalue weighted by atomic mass is 32.2. The Labute approximate surface area is 131 Å². The normalized spacial score (nSPS) is 14.0. The SMILES string of the molecule is CSc1cccc(NC(=O)c2sc(NC3CC3)nc2N)c1. The summed E-state index contributed by atoms with van der Waals surface area (Å²) in [6, 6.07) is 8.20. The molecule has 2 aromatic rings. The van der Waals surface area contributed by atoms with Gasteiger partial charge < -0.3 is 16.4 Å². The van der Waals surface area contributed by atoms with Crippen LogP contribution in [0, 0.1) is 0 Å². The van der Waals surface area contributed by atoms with Gasteiger partial charge in [-0.25, -0.2) is 4.98 Å². The minimum Gasteiger partial charge on any atom is -0.382 e. The summed E-state index contributed by atoms with van der Waals surface area (Å²) >= 11 is 2.93. The van der Waals surface area contributed by atoms with Crippen LogP contribution >= 0.6 is 23.1 Å². The highest BCUT2D eigenvalue weighted by molar-refractivity contribution is 7.98. The Morgan fingerprint density at radius 1 is 1.48 bits per heavy atom. The van der Waals surface area contributed by atoms with Gasteiger partial charge in [-0.3, -0.25) is 4.79 Å². The molecule has 7 heteroatoms. The number of nitrogens with two attached hydrogens (primary N) is 1. The number of hydrogen-bond donors (Lipinski definition) is 3. The second-order valence-corrected chi connectivity index (χ2v) is 6.72. The lowest BCUT2D eigenvalue weighted by molar-refractivity contribution is 0.103. The summed E-state index contributed by atoms with van der Waals surface area (Å²) in [4.78, 5) is 18.1. The number of rotatable bonds is 5. The van der Waals surface area contributed by atoms with E-state index in [0.29, 0.717) is 10.9 Å². The molecule has 0 radical (unpaired) electrons. The molecule has 1 aliphatic carbocycles. The van der Waals surface area contributed by atoms with Crippen LogP contribution in [0.5, 0.6) is 0 Å². The minimum atomic E-state index is -0.216. The predicted octanol–water partition coefficient (Wildman–Crippen LogP) is 3.27. The van der Waals surface area contributed by atoms with E-state index < -0.39 is 0 Å². The number of nitrogens with one attached hydrogen (secondary N) is 2. The monoisotopic (exact) mass is 320 g/mol. The average Bonchev–Trinajstić information content (AvgIpc) is 3.20. The number of hydrogen-bond acceptors (Lipinski definition) is 6. The van der Waals surface area contributed by atoms with Crippen LogP contribution in [0.2, 0.25) is 0 Å². The summed E-state index contributed by atoms with van der Waals surface area (Å²) in [5, 5.41) is 6.84. The molecule has 1 fully saturated rings. The van der Waals surface area contributed by atoms with Crippen molar-refractivity contribution in [1.82, 2.24) is 4.98 Å². The van der Waals surface area contributed by atoms with E-state index in [1.807, 2.05) is 30.5 Å². The number of aromatic nitrogens is 1. The third-order valence-electron chi connectivity index (χ3n) is 3.09. The Balaban J connectivity index is 1.73. The molecule has 110 valence electrons. The Kier molecular flexibility index (Phi) is 4.03. The first-order valence-electron chi connectivity index (χ1n) is 6.64. The van der Waals surface area contributed by atoms with E-state index in [0.717, 1.165) is 28.6 Å². The molecular formula is C14H16N4OS2. The van der Waals surface area contributed by atoms with Gasteiger partial charge in [-0.05, 0) is 37.3 Å². The van der Waals surface area contributed by atoms with Crippen LogP contribution < -0.4 is 16.4 Å². The zero-order valence-electron chi connectivity index (χ0n) is 11.6. The fourth-order valence-corrected chi connectivity index (χ4v) is 3.16. The van der Waals surface area contributed by atoms with Crippen molar-refractivity contribution in [3.8, 4) is 0 Å². The highest BCUT2D eigenvalue weighted by Gasteiger charge is 2.24. The van der Waals surface area contributed by atoms with Gasteiger partial charge in [0.15, 0.2) is 5.13 Å². The lowest BCUT2D eigenvalue weighted by Crippen LogP contribution is -2.12. The highest BCUT2D eigenvalue weighted by Crippen LogP contribution is 2.31. The largest absolute Gasteiger partial charge is 0.382 e. The molecule has 0 unspecified atom stereocenters. The van der Waals surface area contributed by atoms with Crippen LogP contribution in [0.15, 0.2) is 29.2 Å². The fraction of sp³-hybridized carbons (Fsp3) is 0.286. The number of carbonyl (C=O) groups excluding carboxylic acids is 1. The number of amides is 1. The van der Waals surface area contributed by atoms with Crippen molar-refractivity contribution in [3.63, 3.8) is 0 Å². The quantitative estimate of drug-likeness (QED) is 0.737. The first-order valence-corrected chi connectivity index (χ1v) is 8.68. The zero-order valence-corrected chi connectivity index (χ0v) is 13.2. The van der Waals surface area contributed by atoms with Gasteiger partial charge in [0, 0.05) is 16.6 Å². The molecular weight excluding hydrogens is 304 g/mol. The van der Waals surface area contributed by atoms with E-state index in [-0.39, 0.29) is 11.7 Å². The van der Waals surface area contributed by atoms with Crippen LogP contribution in [-0.4, -0.2) is 23.2 Å². The number of thiazole rings is 1. The van der Waals surface area contributed by atoms with Gasteiger partial charge in [-0.15, -0.1) is 11.8 Å². The first kappa shape index (κ1) is 14.2. The molecule has 0 saturated heterocycles. The van der Waals surface area contributed by atoms with Gasteiger partial charge in [-0.1, -0.05) is 17.4 Å². The summed E-state index contributed by atoms with van der Waals surface area (Å²) in [6.45, 7) is 0. The molecule has 1 aromatic heterocycles. The van der Waals surface area contributed by atoms with E-state index in [1.165, 1.54) is 11.3 Å². The molecule has 3 rings (SSSR count). The van der Waals surface area contributed by atoms with Crippen LogP contribution in [-0.2, 0) is 0 Å². The van der Waals surface area contributed by atoms with Gasteiger partial charge in [0.05, 0.1) is 0 Å². The van der Waals surface area contributed by atoms with E-state index in [4.69, 9.17) is 5.73 Å². The van der Waals surface area contributed by atoms with Gasteiger partial charge in [0.1, 0.15) is 10.7 Å². The summed E-state index contributed by atoms with van der Waals surface area (Å²) < 4.78 is 0. The molecule has 0 aliphatic heterocycles. The lowest BCUT2D eigenvalue weighted by atomic mass is 10.3. The number of thioether (sulfide) groups is 1. The molecule has 1 heterocycles. The van der Waals surface area contributed by atoms with Crippen LogP contribution in [0.1, 0.15) is 22.5 Å². The van der Waals surface area contributed by atoms with Gasteiger partial charge >= 0.3 is 0 Å². The third-order valence-corrected chi connectivity index (χ3v) is 4.82. The van der Waals surface area contributed by atoms with Gasteiger partial charge in [0.2, 0.25) is 0 Å². The molecule has 4 N–H and O–H groups in total. The number of nitrogens with zero attached hydrogens (tertiary/aromatic N) is 1. The van der Waals surface area contributed by atoms with Crippen molar-refractivity contribution in [2.75, 3.05) is 22.6 Å². The van der Waals surface area contributed by atoms with E-state index >= 15 is 0 Å². The molecule has 0 atom stereocenters. The zero-order chi connectivity index (χ0) is 14.8. The maximum atomic E-state index is 12.3. The Morgan fingerprint density at radius 3 is 3.00 bits per heavy atom. The van der Waals surface area contributed by atoms with Gasteiger partial charge in [0.25, 0.3) is 5.91 Å². The van der Waals surface area contributed by atoms with Crippen molar-refractivity contribution in [1.29, 1.82) is 0 Å². The van der Waals surface area contributed by atoms with Crippen molar-refractivity contribution < 1.29 is 4.79 Å². The maximum Gasteiger partial charge on any atom is 0.269 e. The van der Waals surface area contributed by atoms with Crippen LogP contribution in [0.25, 0.3) is 0 Å². The molecule has 5 nitrogen and oxygen atoms in total. The summed E-state index contributed by atoms with van der Waals surface area (Å²) in [6.07, 6.45) is 4.31. The lowest BCUT2D eigenvalue weighted by Gasteiger charge is -2.05. The number of anilines is 3. The number of nitrogen functional groups attached to an aromatic ring is 1. The first-order chi connectivity index (χ1) is 10.2. The number of benzene rings is 1. The molecule has 1 aliphatic rings. The molecule has 21 heavy (non-hydrogen) atoms. The summed E-state index contributed by atoms with van der Waals surface area (Å²) in [7, 11) is 0. The standard InChI is InChI=1S/C14H16N4OS2/c1-20-10-4-2-3-9(7-10)16-13(19)11-12(15)18-14(21-11)17-8-5-6-8/h2-4,7-8H,5-6,15H2,1H3,(H,16,19)(H,17,18). The van der Waals surface area contributed by atoms with E-state index in [9.17, 15) is 4.79 Å². The summed E-state index contributed by atoms with van der Waals surface area (Å²) in [5.41, 5.74) is 6.60. The summed E-state index contributed by atoms with van der Waals surface area (Å²) in [5.74, 6) is 0.0637. The molecule has 0 bridgehead atoms. The second kappa shape index (κ2) is 5.95. The maximum absolute atomic E-state index is 12.3. The second-order valence-electron chi connectivity index (χ2n) is 4.84. The topological polar surface area (TPSA) is 80.0 Å². The number of carbonyl (C=O) groups is 1. The van der Waals surface area contributed by atoms with E-state index in [2.05, 4.69) is 15.6 Å². The Morgan fingerprint density at radius 2 is 2.29 bits per heavy atom. The molecule has 1 amide bonds. The predicted molar refractivity (Wildman–Crippen MR) is 89.3 cm³/mol. The van der Waals surface area contributed by atoms with Crippen LogP contribution in [0.4, 0.5) is 16.6 Å². The minimum absolute atomic E-state index is 0.216. The van der Waals surface area contributed by atoms with Crippen molar-refractivity contribution in [3.05, 3.63) is 29.1 Å². The molecule has 1 saturated carbocycles. The smallest absolute Gasteiger partial charge is 0.269 e. The van der Waals surface area contributed by atoms with Crippen LogP contribution in [0.3, 0.4) is 0 Å². The molecule has 0 spiro atoms. The Hall–Kier alpha value is -1.73. The van der Waals surface area contributed by atoms with E-state index in [1.54, 1.807) is 11.8 Å². The third kappa shape index (κ3) is 3.48. The van der Waals surface area contributed by atoms with Crippen molar-refractivity contribution >= 4 is 45.6 Å². The van der Waals surface area contributed by atoms with Crippen molar-refractivity contribution in [2.24, 2.45) is 0 Å². The average molecular weight is 320 g/mol. The molecule has 1 aromatic carbocycles. The van der Waals surface area contributed by atoms with Gasteiger partial charge in [-0.2, -0.15) is 0 Å². The Bertz CT molecular complexity index is 667. The fourth-order valence-electron chi connectivity index (χ4n) is 1.85.